The van der Waals surface area contributed by atoms with E-state index in [4.69, 9.17) is 4.74 Å². The molecule has 3 unspecified atom stereocenters. The Kier molecular flexibility index (Phi) is 7.81. The zero-order valence-corrected chi connectivity index (χ0v) is 18.6. The van der Waals surface area contributed by atoms with Crippen molar-refractivity contribution in [1.29, 1.82) is 0 Å². The molecule has 1 aromatic heterocycles. The van der Waals surface area contributed by atoms with Crippen LogP contribution in [0.4, 0.5) is 9.93 Å². The van der Waals surface area contributed by atoms with Crippen LogP contribution >= 0.6 is 11.3 Å². The number of piperidine rings is 1. The van der Waals surface area contributed by atoms with Gasteiger partial charge in [0.05, 0.1) is 5.69 Å². The molecular formula is C22H30N4O3S. The second kappa shape index (κ2) is 10.5. The standard InChI is InChI=1S/C22H30N4O3S/c1-15-9-16(2)11-26(10-15)12-19-14-30-21(24-19)25-20(27)17(3)23-22(28)29-13-18-7-5-4-6-8-18/h4-8,14-17H,9-13H2,1-3H3,(H,23,28)(H,24,25,27). The summed E-state index contributed by atoms with van der Waals surface area (Å²) in [6, 6.07) is 8.66. The van der Waals surface area contributed by atoms with Crippen molar-refractivity contribution in [1.82, 2.24) is 15.2 Å². The summed E-state index contributed by atoms with van der Waals surface area (Å²) in [7, 11) is 0. The maximum absolute atomic E-state index is 12.4. The second-order valence-electron chi connectivity index (χ2n) is 8.20. The van der Waals surface area contributed by atoms with Crippen LogP contribution in [-0.2, 0) is 22.7 Å². The van der Waals surface area contributed by atoms with Crippen LogP contribution in [0.15, 0.2) is 35.7 Å². The van der Waals surface area contributed by atoms with Gasteiger partial charge in [0, 0.05) is 25.0 Å². The molecule has 1 aromatic carbocycles. The van der Waals surface area contributed by atoms with Crippen LogP contribution in [0.3, 0.4) is 0 Å². The number of rotatable bonds is 7. The molecule has 2 amide bonds. The first kappa shape index (κ1) is 22.2. The summed E-state index contributed by atoms with van der Waals surface area (Å²) in [6.45, 7) is 9.30. The van der Waals surface area contributed by atoms with Gasteiger partial charge in [0.1, 0.15) is 12.6 Å². The maximum Gasteiger partial charge on any atom is 0.408 e. The average Bonchev–Trinajstić information content (AvgIpc) is 3.13. The number of anilines is 1. The largest absolute Gasteiger partial charge is 0.445 e. The number of hydrogen-bond donors (Lipinski definition) is 2. The van der Waals surface area contributed by atoms with Crippen molar-refractivity contribution in [2.45, 2.75) is 46.4 Å². The molecule has 30 heavy (non-hydrogen) atoms. The van der Waals surface area contributed by atoms with Gasteiger partial charge in [-0.05, 0) is 30.7 Å². The minimum atomic E-state index is -0.732. The van der Waals surface area contributed by atoms with E-state index in [0.29, 0.717) is 17.0 Å². The van der Waals surface area contributed by atoms with Crippen LogP contribution < -0.4 is 10.6 Å². The fraction of sp³-hybridized carbons (Fsp3) is 0.500. The van der Waals surface area contributed by atoms with E-state index in [1.165, 1.54) is 17.8 Å². The van der Waals surface area contributed by atoms with Gasteiger partial charge in [-0.25, -0.2) is 9.78 Å². The fourth-order valence-corrected chi connectivity index (χ4v) is 4.51. The number of carbonyl (C=O) groups is 2. The van der Waals surface area contributed by atoms with E-state index in [1.807, 2.05) is 35.7 Å². The van der Waals surface area contributed by atoms with Crippen molar-refractivity contribution in [2.75, 3.05) is 18.4 Å². The Hall–Kier alpha value is -2.45. The molecule has 0 radical (unpaired) electrons. The van der Waals surface area contributed by atoms with E-state index in [-0.39, 0.29) is 12.5 Å². The molecule has 0 saturated carbocycles. The van der Waals surface area contributed by atoms with Gasteiger partial charge in [-0.2, -0.15) is 0 Å². The quantitative estimate of drug-likeness (QED) is 0.697. The van der Waals surface area contributed by atoms with Crippen LogP contribution in [0, 0.1) is 11.8 Å². The molecule has 162 valence electrons. The Balaban J connectivity index is 1.43. The number of benzene rings is 1. The highest BCUT2D eigenvalue weighted by atomic mass is 32.1. The number of ether oxygens (including phenoxy) is 1. The minimum absolute atomic E-state index is 0.157. The molecule has 1 aliphatic rings. The molecule has 2 heterocycles. The lowest BCUT2D eigenvalue weighted by molar-refractivity contribution is -0.117. The zero-order valence-electron chi connectivity index (χ0n) is 17.8. The lowest BCUT2D eigenvalue weighted by Gasteiger charge is -2.34. The van der Waals surface area contributed by atoms with Crippen LogP contribution in [-0.4, -0.2) is 41.0 Å². The number of likely N-dealkylation sites (tertiary alicyclic amines) is 1. The predicted molar refractivity (Wildman–Crippen MR) is 118 cm³/mol. The van der Waals surface area contributed by atoms with E-state index in [9.17, 15) is 9.59 Å². The summed E-state index contributed by atoms with van der Waals surface area (Å²) in [5.41, 5.74) is 1.84. The van der Waals surface area contributed by atoms with Gasteiger partial charge in [-0.15, -0.1) is 11.3 Å². The lowest BCUT2D eigenvalue weighted by atomic mass is 9.92. The molecule has 2 aromatic rings. The lowest BCUT2D eigenvalue weighted by Crippen LogP contribution is -2.41. The predicted octanol–water partition coefficient (Wildman–Crippen LogP) is 3.87. The van der Waals surface area contributed by atoms with Gasteiger partial charge >= 0.3 is 6.09 Å². The van der Waals surface area contributed by atoms with Crippen molar-refractivity contribution in [3.05, 3.63) is 47.0 Å². The highest BCUT2D eigenvalue weighted by Crippen LogP contribution is 2.24. The number of hydrogen-bond acceptors (Lipinski definition) is 6. The summed E-state index contributed by atoms with van der Waals surface area (Å²) in [5.74, 6) is 1.06. The van der Waals surface area contributed by atoms with E-state index in [0.717, 1.165) is 30.9 Å². The van der Waals surface area contributed by atoms with Crippen molar-refractivity contribution in [2.24, 2.45) is 11.8 Å². The molecule has 1 fully saturated rings. The third-order valence-electron chi connectivity index (χ3n) is 5.05. The molecular weight excluding hydrogens is 400 g/mol. The third kappa shape index (κ3) is 6.81. The van der Waals surface area contributed by atoms with Crippen molar-refractivity contribution in [3.8, 4) is 0 Å². The van der Waals surface area contributed by atoms with Crippen LogP contribution in [0.1, 0.15) is 38.4 Å². The van der Waals surface area contributed by atoms with Crippen molar-refractivity contribution < 1.29 is 14.3 Å². The normalized spacial score (nSPS) is 20.4. The Morgan fingerprint density at radius 3 is 2.63 bits per heavy atom. The Morgan fingerprint density at radius 1 is 1.23 bits per heavy atom. The minimum Gasteiger partial charge on any atom is -0.445 e. The number of nitrogens with one attached hydrogen (secondary N) is 2. The van der Waals surface area contributed by atoms with Gasteiger partial charge in [-0.3, -0.25) is 9.69 Å². The highest BCUT2D eigenvalue weighted by molar-refractivity contribution is 7.13. The molecule has 8 heteroatoms. The van der Waals surface area contributed by atoms with Gasteiger partial charge in [0.15, 0.2) is 5.13 Å². The fourth-order valence-electron chi connectivity index (χ4n) is 3.81. The Morgan fingerprint density at radius 2 is 1.93 bits per heavy atom. The summed E-state index contributed by atoms with van der Waals surface area (Å²) in [5, 5.41) is 7.84. The molecule has 2 N–H and O–H groups in total. The Labute approximate surface area is 181 Å². The molecule has 1 aliphatic heterocycles. The van der Waals surface area contributed by atoms with Crippen LogP contribution in [0.2, 0.25) is 0 Å². The van der Waals surface area contributed by atoms with Crippen molar-refractivity contribution in [3.63, 3.8) is 0 Å². The molecule has 3 atom stereocenters. The highest BCUT2D eigenvalue weighted by Gasteiger charge is 2.23. The van der Waals surface area contributed by atoms with Gasteiger partial charge in [-0.1, -0.05) is 44.2 Å². The maximum atomic E-state index is 12.4. The third-order valence-corrected chi connectivity index (χ3v) is 5.86. The number of thiazole rings is 1. The number of nitrogens with zero attached hydrogens (tertiary/aromatic N) is 2. The monoisotopic (exact) mass is 430 g/mol. The number of aromatic nitrogens is 1. The first-order valence-corrected chi connectivity index (χ1v) is 11.2. The van der Waals surface area contributed by atoms with E-state index in [1.54, 1.807) is 6.92 Å². The number of amides is 2. The van der Waals surface area contributed by atoms with Gasteiger partial charge < -0.3 is 15.4 Å². The summed E-state index contributed by atoms with van der Waals surface area (Å²) in [4.78, 5) is 31.3. The molecule has 1 saturated heterocycles. The molecule has 0 aliphatic carbocycles. The van der Waals surface area contributed by atoms with Crippen LogP contribution in [0.5, 0.6) is 0 Å². The summed E-state index contributed by atoms with van der Waals surface area (Å²) in [6.07, 6.45) is 0.641. The second-order valence-corrected chi connectivity index (χ2v) is 9.06. The van der Waals surface area contributed by atoms with Gasteiger partial charge in [0.2, 0.25) is 5.91 Å². The topological polar surface area (TPSA) is 83.6 Å². The number of alkyl carbamates (subject to hydrolysis) is 1. The van der Waals surface area contributed by atoms with E-state index in [2.05, 4.69) is 34.4 Å². The summed E-state index contributed by atoms with van der Waals surface area (Å²) >= 11 is 1.40. The molecule has 3 rings (SSSR count). The smallest absolute Gasteiger partial charge is 0.408 e. The zero-order chi connectivity index (χ0) is 21.5. The van der Waals surface area contributed by atoms with Gasteiger partial charge in [0.25, 0.3) is 0 Å². The van der Waals surface area contributed by atoms with Crippen LogP contribution in [0.25, 0.3) is 0 Å². The Bertz CT molecular complexity index is 832. The van der Waals surface area contributed by atoms with E-state index < -0.39 is 12.1 Å². The number of carbonyl (C=O) groups excluding carboxylic acids is 2. The SMILES string of the molecule is CC1CC(C)CN(Cc2csc(NC(=O)C(C)NC(=O)OCc3ccccc3)n2)C1. The van der Waals surface area contributed by atoms with Crippen molar-refractivity contribution >= 4 is 28.5 Å². The average molecular weight is 431 g/mol. The molecule has 7 nitrogen and oxygen atoms in total. The van der Waals surface area contributed by atoms with E-state index >= 15 is 0 Å². The first-order chi connectivity index (χ1) is 14.4. The summed E-state index contributed by atoms with van der Waals surface area (Å²) < 4.78 is 5.16. The molecule has 0 spiro atoms. The first-order valence-electron chi connectivity index (χ1n) is 10.3. The molecule has 0 bridgehead atoms.